The molecule has 2 N–H and O–H groups in total. The molecule has 6 nitrogen and oxygen atoms in total. The Morgan fingerprint density at radius 2 is 1.96 bits per heavy atom. The van der Waals surface area contributed by atoms with Crippen LogP contribution in [0.25, 0.3) is 0 Å². The van der Waals surface area contributed by atoms with Gasteiger partial charge in [0.2, 0.25) is 0 Å². The number of hydrogen-bond donors (Lipinski definition) is 2. The number of aliphatic imine (C=N–C) groups is 1. The van der Waals surface area contributed by atoms with E-state index in [1.165, 1.54) is 5.69 Å². The van der Waals surface area contributed by atoms with Crippen molar-refractivity contribution in [2.45, 2.75) is 19.9 Å². The first-order valence-electron chi connectivity index (χ1n) is 8.53. The van der Waals surface area contributed by atoms with E-state index in [1.807, 2.05) is 17.1 Å². The molecule has 0 bridgehead atoms. The standard InChI is InChI=1S/C18H28N6.HI/c1-3-24(17-8-5-4-6-9-17)13-7-10-21-18(19-2)22-12-15-23-14-11-20-16-23;/h4-6,8-9,11,14,16H,3,7,10,12-13,15H2,1-2H3,(H2,19,21,22);1H. The topological polar surface area (TPSA) is 57.5 Å². The van der Waals surface area contributed by atoms with Crippen LogP contribution >= 0.6 is 24.0 Å². The summed E-state index contributed by atoms with van der Waals surface area (Å²) in [5.41, 5.74) is 1.28. The molecular weight excluding hydrogens is 427 g/mol. The minimum Gasteiger partial charge on any atom is -0.372 e. The zero-order valence-electron chi connectivity index (χ0n) is 15.1. The number of para-hydroxylation sites is 1. The van der Waals surface area contributed by atoms with Gasteiger partial charge in [0, 0.05) is 57.9 Å². The third kappa shape index (κ3) is 7.76. The van der Waals surface area contributed by atoms with Gasteiger partial charge in [-0.3, -0.25) is 4.99 Å². The molecule has 7 heteroatoms. The Kier molecular flexibility index (Phi) is 10.7. The third-order valence-electron chi connectivity index (χ3n) is 3.85. The largest absolute Gasteiger partial charge is 0.372 e. The summed E-state index contributed by atoms with van der Waals surface area (Å²) < 4.78 is 2.04. The number of nitrogens with zero attached hydrogens (tertiary/aromatic N) is 4. The number of halogens is 1. The first kappa shape index (κ1) is 21.3. The smallest absolute Gasteiger partial charge is 0.191 e. The van der Waals surface area contributed by atoms with Crippen LogP contribution in [0.3, 0.4) is 0 Å². The Morgan fingerprint density at radius 1 is 1.20 bits per heavy atom. The molecule has 2 aromatic rings. The number of rotatable bonds is 9. The van der Waals surface area contributed by atoms with Crippen LogP contribution in [0.2, 0.25) is 0 Å². The Balaban J connectivity index is 0.00000312. The average molecular weight is 456 g/mol. The number of hydrogen-bond acceptors (Lipinski definition) is 3. The first-order chi connectivity index (χ1) is 11.8. The van der Waals surface area contributed by atoms with Crippen molar-refractivity contribution < 1.29 is 0 Å². The normalized spacial score (nSPS) is 10.9. The van der Waals surface area contributed by atoms with E-state index in [9.17, 15) is 0 Å². The molecule has 1 heterocycles. The van der Waals surface area contributed by atoms with Gasteiger partial charge in [0.25, 0.3) is 0 Å². The van der Waals surface area contributed by atoms with E-state index in [0.717, 1.165) is 45.1 Å². The highest BCUT2D eigenvalue weighted by molar-refractivity contribution is 14.0. The Morgan fingerprint density at radius 3 is 2.60 bits per heavy atom. The molecule has 0 unspecified atom stereocenters. The lowest BCUT2D eigenvalue weighted by Gasteiger charge is -2.23. The molecule has 0 aliphatic heterocycles. The van der Waals surface area contributed by atoms with Gasteiger partial charge in [0.05, 0.1) is 6.33 Å². The Hall–Kier alpha value is -1.77. The van der Waals surface area contributed by atoms with Crippen molar-refractivity contribution in [3.8, 4) is 0 Å². The molecule has 0 saturated carbocycles. The molecule has 2 rings (SSSR count). The summed E-state index contributed by atoms with van der Waals surface area (Å²) in [7, 11) is 1.80. The van der Waals surface area contributed by atoms with Crippen LogP contribution in [0.1, 0.15) is 13.3 Å². The Bertz CT molecular complexity index is 585. The van der Waals surface area contributed by atoms with E-state index < -0.39 is 0 Å². The molecule has 1 aromatic heterocycles. The lowest BCUT2D eigenvalue weighted by molar-refractivity contribution is 0.655. The van der Waals surface area contributed by atoms with E-state index in [0.29, 0.717) is 0 Å². The second kappa shape index (κ2) is 12.6. The zero-order chi connectivity index (χ0) is 17.0. The highest BCUT2D eigenvalue weighted by Gasteiger charge is 2.03. The molecule has 0 aliphatic rings. The molecule has 0 fully saturated rings. The van der Waals surface area contributed by atoms with Crippen molar-refractivity contribution in [3.63, 3.8) is 0 Å². The number of aromatic nitrogens is 2. The van der Waals surface area contributed by atoms with Crippen LogP contribution in [0.4, 0.5) is 5.69 Å². The van der Waals surface area contributed by atoms with Crippen molar-refractivity contribution >= 4 is 35.6 Å². The van der Waals surface area contributed by atoms with Crippen LogP contribution < -0.4 is 15.5 Å². The lowest BCUT2D eigenvalue weighted by atomic mass is 10.2. The summed E-state index contributed by atoms with van der Waals surface area (Å²) in [4.78, 5) is 10.7. The predicted molar refractivity (Wildman–Crippen MR) is 116 cm³/mol. The molecule has 138 valence electrons. The molecule has 1 aromatic carbocycles. The SMILES string of the molecule is CCN(CCCNC(=NC)NCCn1ccnc1)c1ccccc1.I. The molecular formula is C18H29IN6. The van der Waals surface area contributed by atoms with Gasteiger partial charge in [-0.2, -0.15) is 0 Å². The van der Waals surface area contributed by atoms with Gasteiger partial charge in [0.1, 0.15) is 0 Å². The van der Waals surface area contributed by atoms with E-state index in [1.54, 1.807) is 13.2 Å². The van der Waals surface area contributed by atoms with E-state index in [4.69, 9.17) is 0 Å². The van der Waals surface area contributed by atoms with Gasteiger partial charge in [-0.05, 0) is 25.5 Å². The quantitative estimate of drug-likeness (QED) is 0.264. The van der Waals surface area contributed by atoms with Crippen molar-refractivity contribution in [3.05, 3.63) is 49.1 Å². The minimum atomic E-state index is 0. The molecule has 0 aliphatic carbocycles. The van der Waals surface area contributed by atoms with Crippen molar-refractivity contribution in [1.29, 1.82) is 0 Å². The van der Waals surface area contributed by atoms with Crippen molar-refractivity contribution in [2.75, 3.05) is 38.1 Å². The zero-order valence-corrected chi connectivity index (χ0v) is 17.4. The van der Waals surface area contributed by atoms with Crippen LogP contribution in [-0.4, -0.2) is 48.7 Å². The van der Waals surface area contributed by atoms with E-state index in [2.05, 4.69) is 62.8 Å². The number of nitrogens with one attached hydrogen (secondary N) is 2. The summed E-state index contributed by atoms with van der Waals surface area (Å²) in [6.45, 7) is 6.83. The van der Waals surface area contributed by atoms with E-state index >= 15 is 0 Å². The number of guanidine groups is 1. The van der Waals surface area contributed by atoms with Gasteiger partial charge in [-0.25, -0.2) is 4.98 Å². The summed E-state index contributed by atoms with van der Waals surface area (Å²) in [5, 5.41) is 6.69. The Labute approximate surface area is 167 Å². The van der Waals surface area contributed by atoms with Crippen LogP contribution in [-0.2, 0) is 6.54 Å². The summed E-state index contributed by atoms with van der Waals surface area (Å²) in [6.07, 6.45) is 6.63. The molecule has 0 atom stereocenters. The van der Waals surface area contributed by atoms with Gasteiger partial charge in [-0.15, -0.1) is 24.0 Å². The number of anilines is 1. The fraction of sp³-hybridized carbons (Fsp3) is 0.444. The van der Waals surface area contributed by atoms with Gasteiger partial charge in [-0.1, -0.05) is 18.2 Å². The number of imidazole rings is 1. The van der Waals surface area contributed by atoms with Crippen molar-refractivity contribution in [1.82, 2.24) is 20.2 Å². The average Bonchev–Trinajstić information content (AvgIpc) is 3.14. The maximum absolute atomic E-state index is 4.26. The van der Waals surface area contributed by atoms with Gasteiger partial charge in [0.15, 0.2) is 5.96 Å². The maximum atomic E-state index is 4.26. The van der Waals surface area contributed by atoms with Gasteiger partial charge < -0.3 is 20.1 Å². The second-order valence-corrected chi connectivity index (χ2v) is 5.50. The molecule has 0 amide bonds. The second-order valence-electron chi connectivity index (χ2n) is 5.50. The molecule has 0 saturated heterocycles. The molecule has 0 radical (unpaired) electrons. The molecule has 0 spiro atoms. The van der Waals surface area contributed by atoms with Gasteiger partial charge >= 0.3 is 0 Å². The minimum absolute atomic E-state index is 0. The fourth-order valence-corrected chi connectivity index (χ4v) is 2.53. The third-order valence-corrected chi connectivity index (χ3v) is 3.85. The first-order valence-corrected chi connectivity index (χ1v) is 8.53. The number of benzene rings is 1. The summed E-state index contributed by atoms with van der Waals surface area (Å²) in [6, 6.07) is 10.5. The lowest BCUT2D eigenvalue weighted by Crippen LogP contribution is -2.40. The predicted octanol–water partition coefficient (Wildman–Crippen LogP) is 2.58. The highest BCUT2D eigenvalue weighted by atomic mass is 127. The maximum Gasteiger partial charge on any atom is 0.191 e. The van der Waals surface area contributed by atoms with Crippen molar-refractivity contribution in [2.24, 2.45) is 4.99 Å². The van der Waals surface area contributed by atoms with E-state index in [-0.39, 0.29) is 24.0 Å². The van der Waals surface area contributed by atoms with Crippen LogP contribution in [0.5, 0.6) is 0 Å². The molecule has 25 heavy (non-hydrogen) atoms. The van der Waals surface area contributed by atoms with Crippen LogP contribution in [0.15, 0.2) is 54.0 Å². The van der Waals surface area contributed by atoms with Crippen LogP contribution in [0, 0.1) is 0 Å². The monoisotopic (exact) mass is 456 g/mol. The highest BCUT2D eigenvalue weighted by Crippen LogP contribution is 2.12. The summed E-state index contributed by atoms with van der Waals surface area (Å²) >= 11 is 0. The fourth-order valence-electron chi connectivity index (χ4n) is 2.53. The summed E-state index contributed by atoms with van der Waals surface area (Å²) in [5.74, 6) is 0.845.